The smallest absolute Gasteiger partial charge is 0.227 e. The van der Waals surface area contributed by atoms with Gasteiger partial charge < -0.3 is 15.8 Å². The van der Waals surface area contributed by atoms with E-state index in [2.05, 4.69) is 5.32 Å². The molecule has 2 rings (SSSR count). The number of nitrogens with two attached hydrogens (primary N) is 1. The van der Waals surface area contributed by atoms with E-state index in [-0.39, 0.29) is 18.9 Å². The number of nitrogens with one attached hydrogen (secondary N) is 1. The van der Waals surface area contributed by atoms with Gasteiger partial charge in [-0.15, -0.1) is 0 Å². The molecule has 1 amide bonds. The van der Waals surface area contributed by atoms with Crippen molar-refractivity contribution < 1.29 is 9.53 Å². The zero-order valence-corrected chi connectivity index (χ0v) is 11.4. The van der Waals surface area contributed by atoms with Crippen molar-refractivity contribution in [2.45, 2.75) is 6.42 Å². The molecule has 106 valence electrons. The average molecular weight is 281 g/mol. The van der Waals surface area contributed by atoms with Crippen LogP contribution in [0.5, 0.6) is 5.75 Å². The van der Waals surface area contributed by atoms with Crippen LogP contribution in [0, 0.1) is 11.3 Å². The third kappa shape index (κ3) is 4.55. The summed E-state index contributed by atoms with van der Waals surface area (Å²) in [6, 6.07) is 15.8. The highest BCUT2D eigenvalue weighted by Crippen LogP contribution is 2.14. The molecule has 21 heavy (non-hydrogen) atoms. The number of anilines is 2. The lowest BCUT2D eigenvalue weighted by Crippen LogP contribution is -2.15. The fourth-order valence-corrected chi connectivity index (χ4v) is 1.76. The molecule has 3 N–H and O–H groups in total. The molecular weight excluding hydrogens is 266 g/mol. The number of hydrogen-bond acceptors (Lipinski definition) is 4. The molecule has 0 saturated carbocycles. The van der Waals surface area contributed by atoms with Gasteiger partial charge in [0.05, 0.1) is 24.7 Å². The van der Waals surface area contributed by atoms with Crippen LogP contribution in [0.25, 0.3) is 0 Å². The van der Waals surface area contributed by atoms with E-state index >= 15 is 0 Å². The Morgan fingerprint density at radius 1 is 1.24 bits per heavy atom. The molecule has 0 bridgehead atoms. The zero-order chi connectivity index (χ0) is 15.1. The predicted octanol–water partition coefficient (Wildman–Crippen LogP) is 2.55. The molecule has 5 heteroatoms. The maximum Gasteiger partial charge on any atom is 0.227 e. The Balaban J connectivity index is 1.80. The Hall–Kier alpha value is -3.00. The standard InChI is InChI=1S/C16H15N3O2/c17-11-12-3-1-6-15(9-12)21-8-7-16(20)19-14-5-2-4-13(18)10-14/h1-6,9-10H,7-8,18H2,(H,19,20). The van der Waals surface area contributed by atoms with Crippen LogP contribution in [-0.2, 0) is 4.79 Å². The lowest BCUT2D eigenvalue weighted by molar-refractivity contribution is -0.116. The van der Waals surface area contributed by atoms with Crippen LogP contribution in [-0.4, -0.2) is 12.5 Å². The van der Waals surface area contributed by atoms with Gasteiger partial charge in [-0.3, -0.25) is 4.79 Å². The lowest BCUT2D eigenvalue weighted by atomic mass is 10.2. The number of nitriles is 1. The minimum atomic E-state index is -0.156. The van der Waals surface area contributed by atoms with Gasteiger partial charge in [-0.1, -0.05) is 12.1 Å². The molecule has 0 aliphatic rings. The predicted molar refractivity (Wildman–Crippen MR) is 80.8 cm³/mol. The molecular formula is C16H15N3O2. The van der Waals surface area contributed by atoms with E-state index in [0.29, 0.717) is 22.7 Å². The minimum absolute atomic E-state index is 0.156. The molecule has 0 saturated heterocycles. The Kier molecular flexibility index (Phi) is 4.78. The first-order chi connectivity index (χ1) is 10.2. The summed E-state index contributed by atoms with van der Waals surface area (Å²) in [6.45, 7) is 0.239. The quantitative estimate of drug-likeness (QED) is 0.824. The van der Waals surface area contributed by atoms with Gasteiger partial charge in [0.25, 0.3) is 0 Å². The number of carbonyl (C=O) groups excluding carboxylic acids is 1. The van der Waals surface area contributed by atoms with Crippen LogP contribution in [0.1, 0.15) is 12.0 Å². The molecule has 2 aromatic carbocycles. The Morgan fingerprint density at radius 3 is 2.81 bits per heavy atom. The molecule has 0 aliphatic carbocycles. The largest absolute Gasteiger partial charge is 0.493 e. The number of benzene rings is 2. The molecule has 0 radical (unpaired) electrons. The summed E-state index contributed by atoms with van der Waals surface area (Å²) in [5, 5.41) is 11.5. The van der Waals surface area contributed by atoms with Crippen molar-refractivity contribution in [2.75, 3.05) is 17.7 Å². The fraction of sp³-hybridized carbons (Fsp3) is 0.125. The molecule has 0 spiro atoms. The van der Waals surface area contributed by atoms with Crippen LogP contribution < -0.4 is 15.8 Å². The van der Waals surface area contributed by atoms with E-state index < -0.39 is 0 Å². The normalized spacial score (nSPS) is 9.67. The first kappa shape index (κ1) is 14.4. The summed E-state index contributed by atoms with van der Waals surface area (Å²) in [4.78, 5) is 11.8. The molecule has 0 atom stereocenters. The first-order valence-corrected chi connectivity index (χ1v) is 6.46. The van der Waals surface area contributed by atoms with Gasteiger partial charge in [0.15, 0.2) is 0 Å². The van der Waals surface area contributed by atoms with Crippen molar-refractivity contribution >= 4 is 17.3 Å². The summed E-state index contributed by atoms with van der Waals surface area (Å²) in [5.74, 6) is 0.419. The van der Waals surface area contributed by atoms with Crippen molar-refractivity contribution in [1.29, 1.82) is 5.26 Å². The van der Waals surface area contributed by atoms with Gasteiger partial charge in [-0.05, 0) is 36.4 Å². The molecule has 5 nitrogen and oxygen atoms in total. The fourth-order valence-electron chi connectivity index (χ4n) is 1.76. The SMILES string of the molecule is N#Cc1cccc(OCCC(=O)Nc2cccc(N)c2)c1. The molecule has 0 aromatic heterocycles. The summed E-state index contributed by atoms with van der Waals surface area (Å²) < 4.78 is 5.44. The van der Waals surface area contributed by atoms with Gasteiger partial charge in [0.1, 0.15) is 5.75 Å². The highest BCUT2D eigenvalue weighted by atomic mass is 16.5. The molecule has 2 aromatic rings. The summed E-state index contributed by atoms with van der Waals surface area (Å²) in [5.41, 5.74) is 7.41. The highest BCUT2D eigenvalue weighted by molar-refractivity contribution is 5.91. The number of rotatable bonds is 5. The number of hydrogen-bond donors (Lipinski definition) is 2. The molecule has 0 heterocycles. The van der Waals surface area contributed by atoms with Crippen LogP contribution in [0.15, 0.2) is 48.5 Å². The van der Waals surface area contributed by atoms with Crippen molar-refractivity contribution in [3.63, 3.8) is 0 Å². The van der Waals surface area contributed by atoms with E-state index in [9.17, 15) is 4.79 Å². The topological polar surface area (TPSA) is 88.1 Å². The van der Waals surface area contributed by atoms with Crippen molar-refractivity contribution in [3.8, 4) is 11.8 Å². The van der Waals surface area contributed by atoms with Gasteiger partial charge in [-0.25, -0.2) is 0 Å². The van der Waals surface area contributed by atoms with Gasteiger partial charge in [0, 0.05) is 11.4 Å². The first-order valence-electron chi connectivity index (χ1n) is 6.46. The number of nitrogens with zero attached hydrogens (tertiary/aromatic N) is 1. The maximum atomic E-state index is 11.8. The van der Waals surface area contributed by atoms with Crippen LogP contribution in [0.3, 0.4) is 0 Å². The van der Waals surface area contributed by atoms with E-state index in [0.717, 1.165) is 0 Å². The maximum absolute atomic E-state index is 11.8. The Morgan fingerprint density at radius 2 is 2.05 bits per heavy atom. The third-order valence-electron chi connectivity index (χ3n) is 2.73. The van der Waals surface area contributed by atoms with Crippen molar-refractivity contribution in [2.24, 2.45) is 0 Å². The third-order valence-corrected chi connectivity index (χ3v) is 2.73. The summed E-state index contributed by atoms with van der Waals surface area (Å²) in [6.07, 6.45) is 0.214. The zero-order valence-electron chi connectivity index (χ0n) is 11.4. The monoisotopic (exact) mass is 281 g/mol. The molecule has 0 fully saturated rings. The van der Waals surface area contributed by atoms with E-state index in [1.54, 1.807) is 48.5 Å². The Labute approximate surface area is 123 Å². The average Bonchev–Trinajstić information content (AvgIpc) is 2.47. The number of amides is 1. The second kappa shape index (κ2) is 6.96. The molecule has 0 unspecified atom stereocenters. The number of ether oxygens (including phenoxy) is 1. The van der Waals surface area contributed by atoms with Gasteiger partial charge >= 0.3 is 0 Å². The van der Waals surface area contributed by atoms with Crippen molar-refractivity contribution in [3.05, 3.63) is 54.1 Å². The second-order valence-corrected chi connectivity index (χ2v) is 4.41. The second-order valence-electron chi connectivity index (χ2n) is 4.41. The van der Waals surface area contributed by atoms with Crippen LogP contribution in [0.2, 0.25) is 0 Å². The lowest BCUT2D eigenvalue weighted by Gasteiger charge is -2.08. The highest BCUT2D eigenvalue weighted by Gasteiger charge is 2.03. The van der Waals surface area contributed by atoms with Gasteiger partial charge in [0.2, 0.25) is 5.91 Å². The van der Waals surface area contributed by atoms with Crippen molar-refractivity contribution in [1.82, 2.24) is 0 Å². The Bertz CT molecular complexity index is 677. The minimum Gasteiger partial charge on any atom is -0.493 e. The summed E-state index contributed by atoms with van der Waals surface area (Å²) >= 11 is 0. The number of nitrogen functional groups attached to an aromatic ring is 1. The van der Waals surface area contributed by atoms with E-state index in [1.165, 1.54) is 0 Å². The van der Waals surface area contributed by atoms with Crippen LogP contribution >= 0.6 is 0 Å². The van der Waals surface area contributed by atoms with E-state index in [4.69, 9.17) is 15.7 Å². The van der Waals surface area contributed by atoms with Gasteiger partial charge in [-0.2, -0.15) is 5.26 Å². The van der Waals surface area contributed by atoms with E-state index in [1.807, 2.05) is 6.07 Å². The molecule has 0 aliphatic heterocycles. The number of carbonyl (C=O) groups is 1. The summed E-state index contributed by atoms with van der Waals surface area (Å²) in [7, 11) is 0. The van der Waals surface area contributed by atoms with Crippen LogP contribution in [0.4, 0.5) is 11.4 Å².